The molecule has 108 valence electrons. The standard InChI is InChI=1S/C12H14N2O5S/c1-13(2)8-11(20(3,18)19)12(15)9-5-4-6-10(7-9)14(16)17/h4-8H,1-3H3/b11-8-. The smallest absolute Gasteiger partial charge is 0.270 e. The van der Waals surface area contributed by atoms with Gasteiger partial charge in [-0.1, -0.05) is 12.1 Å². The van der Waals surface area contributed by atoms with Gasteiger partial charge in [-0.2, -0.15) is 0 Å². The number of Topliss-reactive ketones (excluding diaryl/α,β-unsaturated/α-hetero) is 1. The van der Waals surface area contributed by atoms with E-state index in [1.165, 1.54) is 29.3 Å². The van der Waals surface area contributed by atoms with Crippen molar-refractivity contribution in [2.24, 2.45) is 0 Å². The van der Waals surface area contributed by atoms with Gasteiger partial charge in [0.05, 0.1) is 4.92 Å². The van der Waals surface area contributed by atoms with E-state index < -0.39 is 25.4 Å². The Balaban J connectivity index is 3.34. The third kappa shape index (κ3) is 3.89. The van der Waals surface area contributed by atoms with Crippen LogP contribution in [0.15, 0.2) is 35.4 Å². The highest BCUT2D eigenvalue weighted by atomic mass is 32.2. The number of nitro benzene ring substituents is 1. The van der Waals surface area contributed by atoms with E-state index in [9.17, 15) is 23.3 Å². The van der Waals surface area contributed by atoms with Gasteiger partial charge in [-0.3, -0.25) is 14.9 Å². The minimum atomic E-state index is -3.74. The van der Waals surface area contributed by atoms with Crippen LogP contribution in [-0.4, -0.2) is 44.4 Å². The molecule has 0 aliphatic carbocycles. The Hall–Kier alpha value is -2.22. The number of carbonyl (C=O) groups excluding carboxylic acids is 1. The maximum absolute atomic E-state index is 12.2. The summed E-state index contributed by atoms with van der Waals surface area (Å²) in [7, 11) is -0.590. The first-order valence-corrected chi connectivity index (χ1v) is 7.39. The number of nitrogens with zero attached hydrogens (tertiary/aromatic N) is 2. The average Bonchev–Trinajstić information content (AvgIpc) is 2.33. The van der Waals surface area contributed by atoms with Gasteiger partial charge in [0, 0.05) is 44.2 Å². The highest BCUT2D eigenvalue weighted by Crippen LogP contribution is 2.18. The molecule has 0 fully saturated rings. The fraction of sp³-hybridized carbons (Fsp3) is 0.250. The van der Waals surface area contributed by atoms with Crippen molar-refractivity contribution >= 4 is 21.3 Å². The number of hydrogen-bond donors (Lipinski definition) is 0. The number of rotatable bonds is 5. The van der Waals surface area contributed by atoms with Gasteiger partial charge in [-0.15, -0.1) is 0 Å². The second-order valence-electron chi connectivity index (χ2n) is 4.37. The Bertz CT molecular complexity index is 677. The zero-order valence-electron chi connectivity index (χ0n) is 11.2. The fourth-order valence-corrected chi connectivity index (χ4v) is 2.32. The molecule has 8 heteroatoms. The van der Waals surface area contributed by atoms with Crippen LogP contribution in [0.3, 0.4) is 0 Å². The number of hydrogen-bond acceptors (Lipinski definition) is 6. The minimum absolute atomic E-state index is 0.0438. The number of nitro groups is 1. The molecule has 0 N–H and O–H groups in total. The largest absolute Gasteiger partial charge is 0.382 e. The third-order valence-corrected chi connectivity index (χ3v) is 3.41. The maximum Gasteiger partial charge on any atom is 0.270 e. The van der Waals surface area contributed by atoms with Crippen LogP contribution in [-0.2, 0) is 9.84 Å². The lowest BCUT2D eigenvalue weighted by molar-refractivity contribution is -0.384. The summed E-state index contributed by atoms with van der Waals surface area (Å²) in [5, 5.41) is 10.7. The van der Waals surface area contributed by atoms with Crippen LogP contribution < -0.4 is 0 Å². The predicted molar refractivity (Wildman–Crippen MR) is 74.0 cm³/mol. The van der Waals surface area contributed by atoms with Crippen molar-refractivity contribution in [1.82, 2.24) is 4.90 Å². The fourth-order valence-electron chi connectivity index (χ4n) is 1.46. The van der Waals surface area contributed by atoms with Gasteiger partial charge in [-0.25, -0.2) is 8.42 Å². The van der Waals surface area contributed by atoms with Crippen molar-refractivity contribution in [3.8, 4) is 0 Å². The molecule has 0 aliphatic rings. The minimum Gasteiger partial charge on any atom is -0.382 e. The average molecular weight is 298 g/mol. The molecule has 0 heterocycles. The second kappa shape index (κ2) is 5.83. The SMILES string of the molecule is CN(C)/C=C(/C(=O)c1cccc([N+](=O)[O-])c1)S(C)(=O)=O. The van der Waals surface area contributed by atoms with Crippen LogP contribution in [0.5, 0.6) is 0 Å². The third-order valence-electron chi connectivity index (χ3n) is 2.32. The Morgan fingerprint density at radius 1 is 1.35 bits per heavy atom. The monoisotopic (exact) mass is 298 g/mol. The summed E-state index contributed by atoms with van der Waals surface area (Å²) in [6.07, 6.45) is 2.09. The summed E-state index contributed by atoms with van der Waals surface area (Å²) in [5.74, 6) is -0.773. The van der Waals surface area contributed by atoms with Crippen LogP contribution >= 0.6 is 0 Å². The summed E-state index contributed by atoms with van der Waals surface area (Å²) in [5.41, 5.74) is -0.314. The zero-order valence-corrected chi connectivity index (χ0v) is 12.0. The van der Waals surface area contributed by atoms with Crippen molar-refractivity contribution in [1.29, 1.82) is 0 Å². The molecule has 0 aliphatic heterocycles. The topological polar surface area (TPSA) is 97.6 Å². The first-order chi connectivity index (χ1) is 9.12. The van der Waals surface area contributed by atoms with E-state index in [2.05, 4.69) is 0 Å². The lowest BCUT2D eigenvalue weighted by Crippen LogP contribution is -2.16. The molecule has 20 heavy (non-hydrogen) atoms. The summed E-state index contributed by atoms with van der Waals surface area (Å²) in [6.45, 7) is 0. The number of benzene rings is 1. The Kier molecular flexibility index (Phi) is 4.61. The van der Waals surface area contributed by atoms with Crippen molar-refractivity contribution in [3.63, 3.8) is 0 Å². The Morgan fingerprint density at radius 3 is 2.40 bits per heavy atom. The number of non-ortho nitro benzene ring substituents is 1. The van der Waals surface area contributed by atoms with E-state index >= 15 is 0 Å². The molecule has 1 aromatic carbocycles. The molecular weight excluding hydrogens is 284 g/mol. The molecule has 0 saturated heterocycles. The molecule has 0 bridgehead atoms. The molecule has 7 nitrogen and oxygen atoms in total. The summed E-state index contributed by atoms with van der Waals surface area (Å²) < 4.78 is 23.3. The van der Waals surface area contributed by atoms with Gasteiger partial charge < -0.3 is 4.90 Å². The van der Waals surface area contributed by atoms with Gasteiger partial charge in [-0.05, 0) is 0 Å². The number of allylic oxidation sites excluding steroid dienone is 1. The van der Waals surface area contributed by atoms with Gasteiger partial charge in [0.15, 0.2) is 9.84 Å². The van der Waals surface area contributed by atoms with Gasteiger partial charge in [0.2, 0.25) is 5.78 Å². The lowest BCUT2D eigenvalue weighted by atomic mass is 10.1. The number of ketones is 1. The Labute approximate surface area is 116 Å². The molecule has 0 atom stereocenters. The van der Waals surface area contributed by atoms with Crippen molar-refractivity contribution < 1.29 is 18.1 Å². The highest BCUT2D eigenvalue weighted by Gasteiger charge is 2.23. The van der Waals surface area contributed by atoms with Crippen molar-refractivity contribution in [3.05, 3.63) is 51.0 Å². The molecular formula is C12H14N2O5S. The molecule has 0 aromatic heterocycles. The van der Waals surface area contributed by atoms with Gasteiger partial charge in [0.25, 0.3) is 5.69 Å². The molecule has 0 unspecified atom stereocenters. The first kappa shape index (κ1) is 15.8. The number of carbonyl (C=O) groups is 1. The molecule has 1 aromatic rings. The second-order valence-corrected chi connectivity index (χ2v) is 6.35. The number of sulfone groups is 1. The molecule has 0 saturated carbocycles. The van der Waals surface area contributed by atoms with Gasteiger partial charge >= 0.3 is 0 Å². The molecule has 0 radical (unpaired) electrons. The molecule has 0 spiro atoms. The van der Waals surface area contributed by atoms with Crippen LogP contribution in [0, 0.1) is 10.1 Å². The lowest BCUT2D eigenvalue weighted by Gasteiger charge is -2.09. The summed E-state index contributed by atoms with van der Waals surface area (Å²) in [6, 6.07) is 4.95. The summed E-state index contributed by atoms with van der Waals surface area (Å²) >= 11 is 0. The summed E-state index contributed by atoms with van der Waals surface area (Å²) in [4.78, 5) is 23.2. The van der Waals surface area contributed by atoms with Crippen molar-refractivity contribution in [2.75, 3.05) is 20.4 Å². The van der Waals surface area contributed by atoms with E-state index in [1.54, 1.807) is 14.1 Å². The van der Waals surface area contributed by atoms with E-state index in [0.717, 1.165) is 12.3 Å². The van der Waals surface area contributed by atoms with Crippen LogP contribution in [0.2, 0.25) is 0 Å². The molecule has 0 amide bonds. The first-order valence-electron chi connectivity index (χ1n) is 5.50. The van der Waals surface area contributed by atoms with E-state index in [-0.39, 0.29) is 11.3 Å². The van der Waals surface area contributed by atoms with Crippen LogP contribution in [0.25, 0.3) is 0 Å². The van der Waals surface area contributed by atoms with E-state index in [1.807, 2.05) is 0 Å². The Morgan fingerprint density at radius 2 is 1.95 bits per heavy atom. The zero-order chi connectivity index (χ0) is 15.5. The van der Waals surface area contributed by atoms with E-state index in [0.29, 0.717) is 0 Å². The van der Waals surface area contributed by atoms with Crippen LogP contribution in [0.4, 0.5) is 5.69 Å². The normalized spacial score (nSPS) is 12.1. The van der Waals surface area contributed by atoms with Crippen molar-refractivity contribution in [2.45, 2.75) is 0 Å². The predicted octanol–water partition coefficient (Wildman–Crippen LogP) is 1.23. The molecule has 1 rings (SSSR count). The highest BCUT2D eigenvalue weighted by molar-refractivity contribution is 7.95. The quantitative estimate of drug-likeness (QED) is 0.351. The maximum atomic E-state index is 12.2. The van der Waals surface area contributed by atoms with E-state index in [4.69, 9.17) is 0 Å². The van der Waals surface area contributed by atoms with Gasteiger partial charge in [0.1, 0.15) is 4.91 Å². The van der Waals surface area contributed by atoms with Crippen LogP contribution in [0.1, 0.15) is 10.4 Å².